The summed E-state index contributed by atoms with van der Waals surface area (Å²) in [4.78, 5) is 26.5. The van der Waals surface area contributed by atoms with Crippen LogP contribution in [0.25, 0.3) is 0 Å². The third kappa shape index (κ3) is 5.99. The van der Waals surface area contributed by atoms with Gasteiger partial charge in [0.2, 0.25) is 5.91 Å². The van der Waals surface area contributed by atoms with Crippen LogP contribution in [0, 0.1) is 40.4 Å². The Morgan fingerprint density at radius 3 is 2.30 bits per heavy atom. The third-order valence-corrected chi connectivity index (χ3v) is 12.1. The van der Waals surface area contributed by atoms with Crippen LogP contribution < -0.4 is 0 Å². The number of carbonyl (C=O) groups is 2. The smallest absolute Gasteiger partial charge is 0.222 e. The molecule has 4 heteroatoms. The maximum Gasteiger partial charge on any atom is 0.222 e. The Labute approximate surface area is 227 Å². The number of nitrogens with zero attached hydrogens (tertiary/aromatic N) is 1. The number of unbranched alkanes of at least 4 members (excludes halogenated alkanes) is 6. The van der Waals surface area contributed by atoms with E-state index in [9.17, 15) is 14.7 Å². The number of rotatable bonds is 12. The second-order valence-corrected chi connectivity index (χ2v) is 14.0. The number of hydrogen-bond donors (Lipinski definition) is 1. The van der Waals surface area contributed by atoms with Gasteiger partial charge in [-0.3, -0.25) is 9.59 Å². The number of ketones is 1. The molecule has 1 N–H and O–H groups in total. The molecule has 0 aromatic carbocycles. The Bertz CT molecular complexity index is 778. The highest BCUT2D eigenvalue weighted by atomic mass is 16.3. The zero-order valence-corrected chi connectivity index (χ0v) is 24.6. The molecule has 0 heterocycles. The lowest BCUT2D eigenvalue weighted by atomic mass is 9.42. The molecule has 8 atom stereocenters. The standard InChI is InChI=1S/C33H57NO3/c1-5-34(6-2)30(37)15-13-11-9-7-8-10-12-14-24-23-33(4)28(18-19-29(33)36)27-17-16-25-22-26(35)20-21-32(25,3)31(24)27/h24-25,27-29,31,36H,5-23H2,1-4H3/t24-,25-,27-,28-,29-,31-,32-,33-/m0/s1. The number of Topliss-reactive ketones (excluding diaryl/α,β-unsaturated/α-hetero) is 1. The van der Waals surface area contributed by atoms with E-state index in [0.717, 1.165) is 57.0 Å². The Morgan fingerprint density at radius 1 is 0.919 bits per heavy atom. The van der Waals surface area contributed by atoms with Crippen LogP contribution in [-0.2, 0) is 9.59 Å². The van der Waals surface area contributed by atoms with Crippen LogP contribution in [0.1, 0.15) is 137 Å². The van der Waals surface area contributed by atoms with E-state index in [1.807, 2.05) is 4.90 Å². The summed E-state index contributed by atoms with van der Waals surface area (Å²) >= 11 is 0. The predicted octanol–water partition coefficient (Wildman–Crippen LogP) is 7.56. The highest BCUT2D eigenvalue weighted by Crippen LogP contribution is 2.68. The monoisotopic (exact) mass is 515 g/mol. The number of fused-ring (bicyclic) bond motifs is 5. The minimum Gasteiger partial charge on any atom is -0.393 e. The summed E-state index contributed by atoms with van der Waals surface area (Å²) in [6.07, 6.45) is 19.3. The van der Waals surface area contributed by atoms with Crippen LogP contribution in [0.2, 0.25) is 0 Å². The Hall–Kier alpha value is -0.900. The molecule has 0 spiro atoms. The van der Waals surface area contributed by atoms with E-state index in [1.54, 1.807) is 0 Å². The van der Waals surface area contributed by atoms with Crippen LogP contribution in [0.3, 0.4) is 0 Å². The van der Waals surface area contributed by atoms with Crippen molar-refractivity contribution in [1.29, 1.82) is 0 Å². The number of aliphatic hydroxyl groups is 1. The highest BCUT2D eigenvalue weighted by Gasteiger charge is 2.62. The lowest BCUT2D eigenvalue weighted by Crippen LogP contribution is -2.57. The van der Waals surface area contributed by atoms with Gasteiger partial charge >= 0.3 is 0 Å². The summed E-state index contributed by atoms with van der Waals surface area (Å²) in [6.45, 7) is 10.8. The van der Waals surface area contributed by atoms with Gasteiger partial charge in [0.15, 0.2) is 0 Å². The molecule has 4 aliphatic carbocycles. The molecule has 0 saturated heterocycles. The molecular weight excluding hydrogens is 458 g/mol. The Kier molecular flexibility index (Phi) is 9.84. The van der Waals surface area contributed by atoms with E-state index in [-0.39, 0.29) is 11.5 Å². The number of amides is 1. The molecule has 212 valence electrons. The van der Waals surface area contributed by atoms with Gasteiger partial charge in [0.25, 0.3) is 0 Å². The molecular formula is C33H57NO3. The van der Waals surface area contributed by atoms with Gasteiger partial charge in [0.1, 0.15) is 5.78 Å². The van der Waals surface area contributed by atoms with Crippen molar-refractivity contribution in [3.63, 3.8) is 0 Å². The van der Waals surface area contributed by atoms with Crippen molar-refractivity contribution in [3.05, 3.63) is 0 Å². The molecule has 4 aliphatic rings. The summed E-state index contributed by atoms with van der Waals surface area (Å²) < 4.78 is 0. The second kappa shape index (κ2) is 12.5. The first-order valence-electron chi connectivity index (χ1n) is 16.2. The number of hydrogen-bond acceptors (Lipinski definition) is 3. The summed E-state index contributed by atoms with van der Waals surface area (Å²) in [5, 5.41) is 11.1. The van der Waals surface area contributed by atoms with Crippen molar-refractivity contribution in [2.24, 2.45) is 40.4 Å². The molecule has 37 heavy (non-hydrogen) atoms. The molecule has 0 aromatic rings. The van der Waals surface area contributed by atoms with Crippen LogP contribution in [-0.4, -0.2) is 40.9 Å². The number of carbonyl (C=O) groups excluding carboxylic acids is 2. The van der Waals surface area contributed by atoms with Crippen LogP contribution >= 0.6 is 0 Å². The summed E-state index contributed by atoms with van der Waals surface area (Å²) in [7, 11) is 0. The average molecular weight is 516 g/mol. The molecule has 4 fully saturated rings. The fraction of sp³-hybridized carbons (Fsp3) is 0.939. The molecule has 0 radical (unpaired) electrons. The van der Waals surface area contributed by atoms with E-state index >= 15 is 0 Å². The fourth-order valence-electron chi connectivity index (χ4n) is 10.0. The first-order chi connectivity index (χ1) is 17.7. The molecule has 0 aliphatic heterocycles. The first-order valence-corrected chi connectivity index (χ1v) is 16.2. The van der Waals surface area contributed by atoms with E-state index in [2.05, 4.69) is 27.7 Å². The summed E-state index contributed by atoms with van der Waals surface area (Å²) in [5.41, 5.74) is 0.445. The SMILES string of the molecule is CCN(CC)C(=O)CCCCCCCCC[C@H]1C[C@]2(C)[C@@H](O)CC[C@H]2[C@@H]2CC[C@H]3CC(=O)CC[C@]3(C)[C@@H]12. The lowest BCUT2D eigenvalue weighted by Gasteiger charge is -2.62. The van der Waals surface area contributed by atoms with E-state index in [0.29, 0.717) is 41.3 Å². The molecule has 0 aromatic heterocycles. The Morgan fingerprint density at radius 2 is 1.59 bits per heavy atom. The minimum atomic E-state index is -0.118. The lowest BCUT2D eigenvalue weighted by molar-refractivity contribution is -0.159. The van der Waals surface area contributed by atoms with Crippen molar-refractivity contribution < 1.29 is 14.7 Å². The van der Waals surface area contributed by atoms with Crippen molar-refractivity contribution >= 4 is 11.7 Å². The third-order valence-electron chi connectivity index (χ3n) is 12.1. The van der Waals surface area contributed by atoms with Crippen molar-refractivity contribution in [2.75, 3.05) is 13.1 Å². The largest absolute Gasteiger partial charge is 0.393 e. The molecule has 4 rings (SSSR count). The zero-order chi connectivity index (χ0) is 26.6. The van der Waals surface area contributed by atoms with Gasteiger partial charge in [-0.05, 0) is 99.2 Å². The number of aliphatic hydroxyl groups excluding tert-OH is 1. The van der Waals surface area contributed by atoms with Gasteiger partial charge in [0, 0.05) is 32.4 Å². The summed E-state index contributed by atoms with van der Waals surface area (Å²) in [5.74, 6) is 4.34. The second-order valence-electron chi connectivity index (χ2n) is 14.0. The van der Waals surface area contributed by atoms with Gasteiger partial charge in [-0.1, -0.05) is 58.8 Å². The fourth-order valence-corrected chi connectivity index (χ4v) is 10.0. The normalized spacial score (nSPS) is 39.1. The maximum atomic E-state index is 12.4. The van der Waals surface area contributed by atoms with Gasteiger partial charge in [0.05, 0.1) is 6.10 Å². The van der Waals surface area contributed by atoms with Gasteiger partial charge in [-0.15, -0.1) is 0 Å². The van der Waals surface area contributed by atoms with E-state index < -0.39 is 0 Å². The first kappa shape index (κ1) is 29.1. The molecule has 0 bridgehead atoms. The highest BCUT2D eigenvalue weighted by molar-refractivity contribution is 5.79. The van der Waals surface area contributed by atoms with Crippen molar-refractivity contribution in [1.82, 2.24) is 4.90 Å². The molecule has 4 nitrogen and oxygen atoms in total. The van der Waals surface area contributed by atoms with E-state index in [4.69, 9.17) is 0 Å². The summed E-state index contributed by atoms with van der Waals surface area (Å²) in [6, 6.07) is 0. The van der Waals surface area contributed by atoms with E-state index in [1.165, 1.54) is 70.6 Å². The van der Waals surface area contributed by atoms with Crippen molar-refractivity contribution in [2.45, 2.75) is 143 Å². The van der Waals surface area contributed by atoms with Gasteiger partial charge < -0.3 is 10.0 Å². The molecule has 0 unspecified atom stereocenters. The van der Waals surface area contributed by atoms with Gasteiger partial charge in [-0.2, -0.15) is 0 Å². The van der Waals surface area contributed by atoms with Gasteiger partial charge in [-0.25, -0.2) is 0 Å². The molecule has 4 saturated carbocycles. The maximum absolute atomic E-state index is 12.4. The topological polar surface area (TPSA) is 57.6 Å². The van der Waals surface area contributed by atoms with Crippen molar-refractivity contribution in [3.8, 4) is 0 Å². The predicted molar refractivity (Wildman–Crippen MR) is 151 cm³/mol. The van der Waals surface area contributed by atoms with Crippen LogP contribution in [0.15, 0.2) is 0 Å². The quantitative estimate of drug-likeness (QED) is 0.273. The zero-order valence-electron chi connectivity index (χ0n) is 24.6. The minimum absolute atomic E-state index is 0.113. The van der Waals surface area contributed by atoms with Crippen LogP contribution in [0.4, 0.5) is 0 Å². The molecule has 1 amide bonds. The van der Waals surface area contributed by atoms with Crippen LogP contribution in [0.5, 0.6) is 0 Å². The Balaban J connectivity index is 1.26. The average Bonchev–Trinajstić information content (AvgIpc) is 3.17.